The number of rotatable bonds is 2. The Morgan fingerprint density at radius 1 is 1.06 bits per heavy atom. The lowest BCUT2D eigenvalue weighted by atomic mass is 9.82. The number of hydrogen-bond donors (Lipinski definition) is 0. The molecule has 3 unspecified atom stereocenters. The van der Waals surface area contributed by atoms with E-state index in [1.54, 1.807) is 0 Å². The molecule has 1 aliphatic heterocycles. The van der Waals surface area contributed by atoms with Crippen molar-refractivity contribution >= 4 is 15.9 Å². The van der Waals surface area contributed by atoms with Crippen molar-refractivity contribution in [2.24, 2.45) is 11.8 Å². The molecule has 0 bridgehead atoms. The van der Waals surface area contributed by atoms with Gasteiger partial charge < -0.3 is 0 Å². The maximum atomic E-state index is 3.79. The van der Waals surface area contributed by atoms with Gasteiger partial charge in [0.1, 0.15) is 0 Å². The molecule has 1 saturated carbocycles. The largest absolute Gasteiger partial charge is 0.299 e. The van der Waals surface area contributed by atoms with Crippen molar-refractivity contribution < 1.29 is 0 Å². The molecule has 0 radical (unpaired) electrons. The van der Waals surface area contributed by atoms with Crippen LogP contribution in [0.4, 0.5) is 0 Å². The summed E-state index contributed by atoms with van der Waals surface area (Å²) < 4.78 is 0. The lowest BCUT2D eigenvalue weighted by molar-refractivity contribution is 0.309. The highest BCUT2D eigenvalue weighted by Crippen LogP contribution is 2.39. The predicted molar refractivity (Wildman–Crippen MR) is 75.3 cm³/mol. The van der Waals surface area contributed by atoms with Crippen molar-refractivity contribution in [2.75, 3.05) is 13.1 Å². The number of alkyl halides is 1. The second-order valence-electron chi connectivity index (χ2n) is 5.61. The molecule has 17 heavy (non-hydrogen) atoms. The number of likely N-dealkylation sites (tertiary alicyclic amines) is 1. The van der Waals surface area contributed by atoms with Crippen LogP contribution in [0.5, 0.6) is 0 Å². The first kappa shape index (κ1) is 11.7. The summed E-state index contributed by atoms with van der Waals surface area (Å²) in [5.41, 5.74) is 1.46. The summed E-state index contributed by atoms with van der Waals surface area (Å²) in [5.74, 6) is 1.91. The molecule has 3 rings (SSSR count). The van der Waals surface area contributed by atoms with E-state index in [1.165, 1.54) is 37.9 Å². The Bertz CT molecular complexity index is 364. The highest BCUT2D eigenvalue weighted by Gasteiger charge is 2.36. The fourth-order valence-corrected chi connectivity index (χ4v) is 4.19. The molecule has 1 aromatic rings. The van der Waals surface area contributed by atoms with Crippen LogP contribution in [0.2, 0.25) is 0 Å². The molecule has 3 atom stereocenters. The monoisotopic (exact) mass is 293 g/mol. The van der Waals surface area contributed by atoms with Gasteiger partial charge in [0.2, 0.25) is 0 Å². The molecule has 1 aliphatic carbocycles. The van der Waals surface area contributed by atoms with E-state index in [9.17, 15) is 0 Å². The highest BCUT2D eigenvalue weighted by atomic mass is 79.9. The first-order chi connectivity index (χ1) is 8.31. The van der Waals surface area contributed by atoms with E-state index in [1.807, 2.05) is 0 Å². The van der Waals surface area contributed by atoms with Crippen LogP contribution < -0.4 is 0 Å². The van der Waals surface area contributed by atoms with E-state index < -0.39 is 0 Å². The summed E-state index contributed by atoms with van der Waals surface area (Å²) in [6.45, 7) is 3.77. The van der Waals surface area contributed by atoms with E-state index in [0.29, 0.717) is 0 Å². The van der Waals surface area contributed by atoms with Crippen LogP contribution in [0, 0.1) is 11.8 Å². The van der Waals surface area contributed by atoms with Crippen LogP contribution in [0.1, 0.15) is 24.8 Å². The van der Waals surface area contributed by atoms with Gasteiger partial charge in [0, 0.05) is 24.5 Å². The third-order valence-electron chi connectivity index (χ3n) is 4.31. The molecule has 0 spiro atoms. The van der Waals surface area contributed by atoms with Crippen LogP contribution >= 0.6 is 15.9 Å². The Morgan fingerprint density at radius 2 is 1.82 bits per heavy atom. The Morgan fingerprint density at radius 3 is 2.65 bits per heavy atom. The Balaban J connectivity index is 1.60. The van der Waals surface area contributed by atoms with Gasteiger partial charge in [0.05, 0.1) is 0 Å². The van der Waals surface area contributed by atoms with Crippen molar-refractivity contribution in [1.29, 1.82) is 0 Å². The van der Waals surface area contributed by atoms with Crippen LogP contribution in [-0.4, -0.2) is 22.8 Å². The van der Waals surface area contributed by atoms with Crippen molar-refractivity contribution in [3.8, 4) is 0 Å². The highest BCUT2D eigenvalue weighted by molar-refractivity contribution is 9.09. The summed E-state index contributed by atoms with van der Waals surface area (Å²) in [6, 6.07) is 10.9. The van der Waals surface area contributed by atoms with Crippen molar-refractivity contribution in [2.45, 2.75) is 30.6 Å². The summed E-state index contributed by atoms with van der Waals surface area (Å²) in [5, 5.41) is 0. The third kappa shape index (κ3) is 2.74. The lowest BCUT2D eigenvalue weighted by Gasteiger charge is -2.27. The Kier molecular flexibility index (Phi) is 3.53. The molecule has 1 nitrogen and oxygen atoms in total. The fourth-order valence-electron chi connectivity index (χ4n) is 3.44. The minimum atomic E-state index is 0.778. The molecule has 2 fully saturated rings. The molecule has 92 valence electrons. The average Bonchev–Trinajstić information content (AvgIpc) is 2.71. The standard InChI is InChI=1S/C15H20BrN/c16-15-7-6-13-10-17(11-14(13)8-15)9-12-4-2-1-3-5-12/h1-5,13-15H,6-11H2. The third-order valence-corrected chi connectivity index (χ3v) is 5.14. The minimum absolute atomic E-state index is 0.778. The van der Waals surface area contributed by atoms with Gasteiger partial charge >= 0.3 is 0 Å². The van der Waals surface area contributed by atoms with Gasteiger partial charge in [0.15, 0.2) is 0 Å². The van der Waals surface area contributed by atoms with Crippen molar-refractivity contribution in [3.05, 3.63) is 35.9 Å². The van der Waals surface area contributed by atoms with Gasteiger partial charge in [-0.2, -0.15) is 0 Å². The number of nitrogens with zero attached hydrogens (tertiary/aromatic N) is 1. The summed E-state index contributed by atoms with van der Waals surface area (Å²) in [4.78, 5) is 3.43. The van der Waals surface area contributed by atoms with Gasteiger partial charge in [-0.05, 0) is 36.7 Å². The van der Waals surface area contributed by atoms with Crippen molar-refractivity contribution in [3.63, 3.8) is 0 Å². The average molecular weight is 294 g/mol. The maximum Gasteiger partial charge on any atom is 0.0233 e. The first-order valence-corrected chi connectivity index (χ1v) is 7.63. The first-order valence-electron chi connectivity index (χ1n) is 6.71. The summed E-state index contributed by atoms with van der Waals surface area (Å²) >= 11 is 3.79. The molecule has 0 N–H and O–H groups in total. The Labute approximate surface area is 112 Å². The smallest absolute Gasteiger partial charge is 0.0233 e. The van der Waals surface area contributed by atoms with Crippen LogP contribution in [0.25, 0.3) is 0 Å². The van der Waals surface area contributed by atoms with Crippen molar-refractivity contribution in [1.82, 2.24) is 4.90 Å². The molecule has 2 heteroatoms. The molecular weight excluding hydrogens is 274 g/mol. The number of halogens is 1. The Hall–Kier alpha value is -0.340. The van der Waals surface area contributed by atoms with Gasteiger partial charge in [-0.1, -0.05) is 46.3 Å². The van der Waals surface area contributed by atoms with Gasteiger partial charge in [-0.3, -0.25) is 4.90 Å². The van der Waals surface area contributed by atoms with Crippen LogP contribution in [0.15, 0.2) is 30.3 Å². The van der Waals surface area contributed by atoms with E-state index >= 15 is 0 Å². The second-order valence-corrected chi connectivity index (χ2v) is 6.91. The van der Waals surface area contributed by atoms with E-state index in [2.05, 4.69) is 51.2 Å². The normalized spacial score (nSPS) is 33.6. The fraction of sp³-hybridized carbons (Fsp3) is 0.600. The van der Waals surface area contributed by atoms with Gasteiger partial charge in [-0.25, -0.2) is 0 Å². The van der Waals surface area contributed by atoms with Crippen LogP contribution in [-0.2, 0) is 6.54 Å². The zero-order chi connectivity index (χ0) is 11.7. The predicted octanol–water partition coefficient (Wildman–Crippen LogP) is 3.68. The van der Waals surface area contributed by atoms with Gasteiger partial charge in [-0.15, -0.1) is 0 Å². The van der Waals surface area contributed by atoms with E-state index in [0.717, 1.165) is 23.2 Å². The summed E-state index contributed by atoms with van der Waals surface area (Å²) in [7, 11) is 0. The zero-order valence-electron chi connectivity index (χ0n) is 10.2. The number of hydrogen-bond acceptors (Lipinski definition) is 1. The zero-order valence-corrected chi connectivity index (χ0v) is 11.8. The number of benzene rings is 1. The summed E-state index contributed by atoms with van der Waals surface area (Å²) in [6.07, 6.45) is 4.18. The van der Waals surface area contributed by atoms with E-state index in [4.69, 9.17) is 0 Å². The lowest BCUT2D eigenvalue weighted by Crippen LogP contribution is -2.23. The maximum absolute atomic E-state index is 3.79. The van der Waals surface area contributed by atoms with E-state index in [-0.39, 0.29) is 0 Å². The SMILES string of the molecule is BrC1CCC2CN(Cc3ccccc3)CC2C1. The number of fused-ring (bicyclic) bond motifs is 1. The molecule has 2 aliphatic rings. The van der Waals surface area contributed by atoms with Crippen LogP contribution in [0.3, 0.4) is 0 Å². The molecular formula is C15H20BrN. The molecule has 0 aromatic heterocycles. The minimum Gasteiger partial charge on any atom is -0.299 e. The molecule has 1 aromatic carbocycles. The second kappa shape index (κ2) is 5.11. The topological polar surface area (TPSA) is 3.24 Å². The van der Waals surface area contributed by atoms with Gasteiger partial charge in [0.25, 0.3) is 0 Å². The molecule has 1 heterocycles. The molecule has 0 amide bonds. The quantitative estimate of drug-likeness (QED) is 0.752. The molecule has 1 saturated heterocycles.